The van der Waals surface area contributed by atoms with Gasteiger partial charge in [-0.2, -0.15) is 17.5 Å². The summed E-state index contributed by atoms with van der Waals surface area (Å²) in [5, 5.41) is 2.33. The Labute approximate surface area is 100 Å². The van der Waals surface area contributed by atoms with Crippen molar-refractivity contribution in [2.45, 2.75) is 23.9 Å². The summed E-state index contributed by atoms with van der Waals surface area (Å²) in [6.45, 7) is 1.33. The van der Waals surface area contributed by atoms with Crippen LogP contribution in [0.4, 0.5) is 13.2 Å². The Morgan fingerprint density at radius 3 is 2.75 bits per heavy atom. The van der Waals surface area contributed by atoms with Crippen molar-refractivity contribution >= 4 is 23.3 Å². The maximum atomic E-state index is 11.8. The molecule has 1 N–H and O–H groups in total. The zero-order valence-electron chi connectivity index (χ0n) is 8.67. The summed E-state index contributed by atoms with van der Waals surface area (Å²) >= 11 is 2.71. The van der Waals surface area contributed by atoms with Crippen molar-refractivity contribution in [1.29, 1.82) is 0 Å². The molecule has 0 saturated heterocycles. The quantitative estimate of drug-likeness (QED) is 0.636. The molecule has 0 unspecified atom stereocenters. The summed E-state index contributed by atoms with van der Waals surface area (Å²) in [7, 11) is 0. The van der Waals surface area contributed by atoms with Gasteiger partial charge in [-0.15, -0.1) is 0 Å². The van der Waals surface area contributed by atoms with Crippen molar-refractivity contribution in [3.05, 3.63) is 5.82 Å². The maximum absolute atomic E-state index is 11.8. The molecule has 0 saturated carbocycles. The minimum Gasteiger partial charge on any atom is -0.308 e. The molecule has 1 rings (SSSR count). The van der Waals surface area contributed by atoms with Gasteiger partial charge in [-0.3, -0.25) is 0 Å². The van der Waals surface area contributed by atoms with Crippen molar-refractivity contribution < 1.29 is 13.2 Å². The lowest BCUT2D eigenvalue weighted by atomic mass is 10.5. The molecule has 16 heavy (non-hydrogen) atoms. The van der Waals surface area contributed by atoms with E-state index in [-0.39, 0.29) is 0 Å². The van der Waals surface area contributed by atoms with Crippen LogP contribution < -0.4 is 5.32 Å². The summed E-state index contributed by atoms with van der Waals surface area (Å²) in [5.74, 6) is 1.35. The second-order valence-electron chi connectivity index (χ2n) is 2.97. The van der Waals surface area contributed by atoms with E-state index in [1.54, 1.807) is 0 Å². The van der Waals surface area contributed by atoms with E-state index in [1.165, 1.54) is 23.3 Å². The fourth-order valence-corrected chi connectivity index (χ4v) is 2.54. The molecule has 0 atom stereocenters. The Hall–Kier alpha value is -0.340. The smallest absolute Gasteiger partial charge is 0.308 e. The van der Waals surface area contributed by atoms with Crippen LogP contribution in [-0.2, 0) is 6.42 Å². The largest absolute Gasteiger partial charge is 0.401 e. The molecule has 1 aromatic heterocycles. The molecule has 0 amide bonds. The summed E-state index contributed by atoms with van der Waals surface area (Å²) < 4.78 is 40.2. The summed E-state index contributed by atoms with van der Waals surface area (Å²) in [6, 6.07) is 0. The molecule has 92 valence electrons. The highest BCUT2D eigenvalue weighted by atomic mass is 32.2. The first-order valence-electron chi connectivity index (χ1n) is 4.74. The van der Waals surface area contributed by atoms with Gasteiger partial charge in [0.2, 0.25) is 0 Å². The fraction of sp³-hybridized carbons (Fsp3) is 0.750. The third kappa shape index (κ3) is 5.66. The standard InChI is InChI=1S/C8H12F3N3S2/c1-2-6-13-7(16-14-6)15-4-3-12-5-8(9,10)11/h12H,2-5H2,1H3. The van der Waals surface area contributed by atoms with E-state index in [4.69, 9.17) is 0 Å². The maximum Gasteiger partial charge on any atom is 0.401 e. The number of aryl methyl sites for hydroxylation is 1. The number of rotatable bonds is 6. The van der Waals surface area contributed by atoms with Gasteiger partial charge in [0.15, 0.2) is 4.34 Å². The first-order valence-corrected chi connectivity index (χ1v) is 6.50. The van der Waals surface area contributed by atoms with E-state index >= 15 is 0 Å². The van der Waals surface area contributed by atoms with E-state index in [1.807, 2.05) is 6.92 Å². The minimum atomic E-state index is -4.14. The highest BCUT2D eigenvalue weighted by Gasteiger charge is 2.25. The van der Waals surface area contributed by atoms with E-state index in [9.17, 15) is 13.2 Å². The van der Waals surface area contributed by atoms with Crippen molar-refractivity contribution in [1.82, 2.24) is 14.7 Å². The lowest BCUT2D eigenvalue weighted by Crippen LogP contribution is -2.30. The number of alkyl halides is 3. The van der Waals surface area contributed by atoms with Crippen molar-refractivity contribution in [2.75, 3.05) is 18.8 Å². The Morgan fingerprint density at radius 2 is 2.19 bits per heavy atom. The van der Waals surface area contributed by atoms with Gasteiger partial charge in [0.25, 0.3) is 0 Å². The molecule has 1 heterocycles. The molecule has 0 aromatic carbocycles. The topological polar surface area (TPSA) is 37.8 Å². The average Bonchev–Trinajstić information content (AvgIpc) is 2.63. The number of aromatic nitrogens is 2. The summed E-state index contributed by atoms with van der Waals surface area (Å²) in [6.07, 6.45) is -3.35. The van der Waals surface area contributed by atoms with Gasteiger partial charge in [0.05, 0.1) is 6.54 Å². The van der Waals surface area contributed by atoms with Crippen LogP contribution in [0.15, 0.2) is 4.34 Å². The van der Waals surface area contributed by atoms with Gasteiger partial charge in [0, 0.05) is 18.7 Å². The van der Waals surface area contributed by atoms with E-state index in [0.29, 0.717) is 12.3 Å². The van der Waals surface area contributed by atoms with Gasteiger partial charge in [-0.05, 0) is 11.5 Å². The lowest BCUT2D eigenvalue weighted by molar-refractivity contribution is -0.124. The second kappa shape index (κ2) is 6.41. The highest BCUT2D eigenvalue weighted by molar-refractivity contribution is 8.00. The predicted molar refractivity (Wildman–Crippen MR) is 58.9 cm³/mol. The van der Waals surface area contributed by atoms with Crippen LogP contribution in [0.1, 0.15) is 12.7 Å². The monoisotopic (exact) mass is 271 g/mol. The molecule has 0 aliphatic rings. The number of hydrogen-bond acceptors (Lipinski definition) is 5. The van der Waals surface area contributed by atoms with Crippen LogP contribution in [0.3, 0.4) is 0 Å². The molecule has 0 radical (unpaired) electrons. The number of nitrogens with one attached hydrogen (secondary N) is 1. The molecule has 0 fully saturated rings. The molecule has 0 aliphatic heterocycles. The Bertz CT molecular complexity index is 314. The molecular weight excluding hydrogens is 259 g/mol. The lowest BCUT2D eigenvalue weighted by Gasteiger charge is -2.06. The first-order chi connectivity index (χ1) is 7.51. The predicted octanol–water partition coefficient (Wildman–Crippen LogP) is 2.34. The fourth-order valence-electron chi connectivity index (χ4n) is 0.881. The molecule has 8 heteroatoms. The molecule has 0 spiro atoms. The molecule has 3 nitrogen and oxygen atoms in total. The number of nitrogens with zero attached hydrogens (tertiary/aromatic N) is 2. The Balaban J connectivity index is 2.11. The van der Waals surface area contributed by atoms with Crippen LogP contribution in [0, 0.1) is 0 Å². The third-order valence-corrected chi connectivity index (χ3v) is 3.47. The molecular formula is C8H12F3N3S2. The molecule has 0 aliphatic carbocycles. The van der Waals surface area contributed by atoms with Gasteiger partial charge >= 0.3 is 6.18 Å². The highest BCUT2D eigenvalue weighted by Crippen LogP contribution is 2.19. The van der Waals surface area contributed by atoms with Gasteiger partial charge in [-0.1, -0.05) is 18.7 Å². The third-order valence-electron chi connectivity index (χ3n) is 1.60. The zero-order valence-corrected chi connectivity index (χ0v) is 10.3. The number of halogens is 3. The van der Waals surface area contributed by atoms with Crippen molar-refractivity contribution in [2.24, 2.45) is 0 Å². The van der Waals surface area contributed by atoms with Crippen molar-refractivity contribution in [3.63, 3.8) is 0 Å². The van der Waals surface area contributed by atoms with Gasteiger partial charge in [0.1, 0.15) is 5.82 Å². The molecule has 0 bridgehead atoms. The molecule has 1 aromatic rings. The van der Waals surface area contributed by atoms with Crippen molar-refractivity contribution in [3.8, 4) is 0 Å². The number of hydrogen-bond donors (Lipinski definition) is 1. The summed E-state index contributed by atoms with van der Waals surface area (Å²) in [5.41, 5.74) is 0. The number of thioether (sulfide) groups is 1. The Kier molecular flexibility index (Phi) is 5.50. The van der Waals surface area contributed by atoms with Crippen LogP contribution in [0.25, 0.3) is 0 Å². The first kappa shape index (κ1) is 13.7. The van der Waals surface area contributed by atoms with Crippen LogP contribution in [-0.4, -0.2) is 34.4 Å². The van der Waals surface area contributed by atoms with Crippen LogP contribution >= 0.6 is 23.3 Å². The van der Waals surface area contributed by atoms with Crippen LogP contribution in [0.2, 0.25) is 0 Å². The summed E-state index contributed by atoms with van der Waals surface area (Å²) in [4.78, 5) is 4.20. The second-order valence-corrected chi connectivity index (χ2v) is 5.06. The SMILES string of the molecule is CCc1nsc(SCCNCC(F)(F)F)n1. The normalized spacial score (nSPS) is 12.0. The minimum absolute atomic E-state index is 0.311. The zero-order chi connectivity index (χ0) is 12.0. The van der Waals surface area contributed by atoms with E-state index < -0.39 is 12.7 Å². The Morgan fingerprint density at radius 1 is 1.44 bits per heavy atom. The average molecular weight is 271 g/mol. The van der Waals surface area contributed by atoms with E-state index in [0.717, 1.165) is 16.6 Å². The van der Waals surface area contributed by atoms with Gasteiger partial charge < -0.3 is 5.32 Å². The van der Waals surface area contributed by atoms with E-state index in [2.05, 4.69) is 14.7 Å². The van der Waals surface area contributed by atoms with Crippen LogP contribution in [0.5, 0.6) is 0 Å². The van der Waals surface area contributed by atoms with Gasteiger partial charge in [-0.25, -0.2) is 4.98 Å².